The fourth-order valence-corrected chi connectivity index (χ4v) is 4.52. The fourth-order valence-electron chi connectivity index (χ4n) is 3.36. The molecule has 0 bridgehead atoms. The maximum atomic E-state index is 12.7. The van der Waals surface area contributed by atoms with Crippen molar-refractivity contribution in [3.8, 4) is 10.4 Å². The number of hydrogen-bond acceptors (Lipinski definition) is 3. The molecule has 2 amide bonds. The molecular weight excluding hydrogens is 356 g/mol. The van der Waals surface area contributed by atoms with Crippen LogP contribution in [0.2, 0.25) is 0 Å². The molecule has 1 aliphatic carbocycles. The highest BCUT2D eigenvalue weighted by atomic mass is 32.1. The van der Waals surface area contributed by atoms with Crippen LogP contribution in [-0.2, 0) is 24.1 Å². The molecule has 0 fully saturated rings. The molecule has 5 heteroatoms. The van der Waals surface area contributed by atoms with Crippen molar-refractivity contribution in [3.05, 3.63) is 76.2 Å². The molecule has 1 heterocycles. The van der Waals surface area contributed by atoms with Gasteiger partial charge < -0.3 is 10.6 Å². The number of carbonyl (C=O) groups excluding carboxylic acids is 2. The van der Waals surface area contributed by atoms with Gasteiger partial charge in [-0.2, -0.15) is 0 Å². The predicted molar refractivity (Wildman–Crippen MR) is 109 cm³/mol. The SMILES string of the molecule is CNC(=O)Cc1ccc(NC(=O)c2cc3c(s2)-c2ccccc2CC3)cc1. The smallest absolute Gasteiger partial charge is 0.265 e. The molecule has 4 rings (SSSR count). The Morgan fingerprint density at radius 3 is 2.52 bits per heavy atom. The molecule has 1 aromatic heterocycles. The van der Waals surface area contributed by atoms with E-state index in [0.29, 0.717) is 6.42 Å². The van der Waals surface area contributed by atoms with Gasteiger partial charge >= 0.3 is 0 Å². The van der Waals surface area contributed by atoms with Crippen molar-refractivity contribution < 1.29 is 9.59 Å². The van der Waals surface area contributed by atoms with Crippen LogP contribution < -0.4 is 10.6 Å². The zero-order valence-electron chi connectivity index (χ0n) is 15.0. The van der Waals surface area contributed by atoms with Gasteiger partial charge in [-0.05, 0) is 53.3 Å². The molecule has 4 nitrogen and oxygen atoms in total. The van der Waals surface area contributed by atoms with Crippen LogP contribution in [0.5, 0.6) is 0 Å². The van der Waals surface area contributed by atoms with Gasteiger partial charge in [-0.15, -0.1) is 11.3 Å². The van der Waals surface area contributed by atoms with E-state index in [1.807, 2.05) is 36.4 Å². The second-order valence-electron chi connectivity index (χ2n) is 6.62. The third-order valence-electron chi connectivity index (χ3n) is 4.81. The van der Waals surface area contributed by atoms with E-state index < -0.39 is 0 Å². The van der Waals surface area contributed by atoms with Gasteiger partial charge in [-0.3, -0.25) is 9.59 Å². The van der Waals surface area contributed by atoms with E-state index in [4.69, 9.17) is 0 Å². The number of thiophene rings is 1. The zero-order chi connectivity index (χ0) is 18.8. The predicted octanol–water partition coefficient (Wildman–Crippen LogP) is 4.05. The number of aryl methyl sites for hydroxylation is 2. The lowest BCUT2D eigenvalue weighted by molar-refractivity contribution is -0.119. The molecule has 0 spiro atoms. The minimum absolute atomic E-state index is 0.0313. The van der Waals surface area contributed by atoms with Gasteiger partial charge in [-0.25, -0.2) is 0 Å². The average Bonchev–Trinajstić information content (AvgIpc) is 3.14. The Morgan fingerprint density at radius 2 is 1.74 bits per heavy atom. The van der Waals surface area contributed by atoms with E-state index in [2.05, 4.69) is 28.8 Å². The number of rotatable bonds is 4. The number of hydrogen-bond donors (Lipinski definition) is 2. The van der Waals surface area contributed by atoms with Gasteiger partial charge in [0, 0.05) is 17.6 Å². The highest BCUT2D eigenvalue weighted by Crippen LogP contribution is 2.39. The van der Waals surface area contributed by atoms with Gasteiger partial charge in [0.05, 0.1) is 11.3 Å². The van der Waals surface area contributed by atoms with E-state index in [-0.39, 0.29) is 11.8 Å². The topological polar surface area (TPSA) is 58.2 Å². The van der Waals surface area contributed by atoms with Crippen LogP contribution in [0.25, 0.3) is 10.4 Å². The minimum Gasteiger partial charge on any atom is -0.359 e. The number of benzene rings is 2. The van der Waals surface area contributed by atoms with Crippen molar-refractivity contribution in [1.82, 2.24) is 5.32 Å². The molecule has 136 valence electrons. The first-order chi connectivity index (χ1) is 13.1. The fraction of sp³-hybridized carbons (Fsp3) is 0.182. The Labute approximate surface area is 162 Å². The third-order valence-corrected chi connectivity index (χ3v) is 6.02. The second kappa shape index (κ2) is 7.37. The maximum absolute atomic E-state index is 12.7. The molecule has 2 N–H and O–H groups in total. The molecule has 27 heavy (non-hydrogen) atoms. The molecule has 0 unspecified atom stereocenters. The van der Waals surface area contributed by atoms with Crippen molar-refractivity contribution in [2.75, 3.05) is 12.4 Å². The molecule has 0 atom stereocenters. The largest absolute Gasteiger partial charge is 0.359 e. The van der Waals surface area contributed by atoms with Crippen molar-refractivity contribution in [2.45, 2.75) is 19.3 Å². The number of fused-ring (bicyclic) bond motifs is 3. The Balaban J connectivity index is 1.50. The summed E-state index contributed by atoms with van der Waals surface area (Å²) in [5.41, 5.74) is 5.50. The summed E-state index contributed by atoms with van der Waals surface area (Å²) in [7, 11) is 1.62. The normalized spacial score (nSPS) is 12.0. The first-order valence-corrected chi connectivity index (χ1v) is 9.77. The second-order valence-corrected chi connectivity index (χ2v) is 7.68. The summed E-state index contributed by atoms with van der Waals surface area (Å²) in [5, 5.41) is 5.56. The number of carbonyl (C=O) groups is 2. The average molecular weight is 376 g/mol. The maximum Gasteiger partial charge on any atom is 0.265 e. The molecule has 1 aliphatic rings. The number of amides is 2. The molecule has 0 radical (unpaired) electrons. The highest BCUT2D eigenvalue weighted by molar-refractivity contribution is 7.17. The van der Waals surface area contributed by atoms with Crippen LogP contribution in [0.4, 0.5) is 5.69 Å². The monoisotopic (exact) mass is 376 g/mol. The van der Waals surface area contributed by atoms with Crippen LogP contribution in [0.1, 0.15) is 26.4 Å². The number of anilines is 1. The van der Waals surface area contributed by atoms with E-state index in [9.17, 15) is 9.59 Å². The van der Waals surface area contributed by atoms with E-state index in [1.165, 1.54) is 21.6 Å². The van der Waals surface area contributed by atoms with Gasteiger partial charge in [0.2, 0.25) is 5.91 Å². The van der Waals surface area contributed by atoms with E-state index in [1.54, 1.807) is 18.4 Å². The number of likely N-dealkylation sites (N-methyl/N-ethyl adjacent to an activating group) is 1. The lowest BCUT2D eigenvalue weighted by atomic mass is 9.91. The van der Waals surface area contributed by atoms with Gasteiger partial charge in [0.25, 0.3) is 5.91 Å². The highest BCUT2D eigenvalue weighted by Gasteiger charge is 2.21. The summed E-state index contributed by atoms with van der Waals surface area (Å²) in [4.78, 5) is 26.1. The summed E-state index contributed by atoms with van der Waals surface area (Å²) in [6.45, 7) is 0. The Morgan fingerprint density at radius 1 is 1.00 bits per heavy atom. The summed E-state index contributed by atoms with van der Waals surface area (Å²) in [6, 6.07) is 17.8. The summed E-state index contributed by atoms with van der Waals surface area (Å²) in [5.74, 6) is -0.123. The van der Waals surface area contributed by atoms with Crippen molar-refractivity contribution >= 4 is 28.8 Å². The molecular formula is C22H20N2O2S. The molecule has 2 aromatic carbocycles. The van der Waals surface area contributed by atoms with Crippen molar-refractivity contribution in [3.63, 3.8) is 0 Å². The van der Waals surface area contributed by atoms with Gasteiger partial charge in [0.1, 0.15) is 0 Å². The third kappa shape index (κ3) is 3.64. The Hall–Kier alpha value is -2.92. The standard InChI is InChI=1S/C22H20N2O2S/c1-23-20(25)12-14-6-10-17(11-7-14)24-22(26)19-13-16-9-8-15-4-2-3-5-18(15)21(16)27-19/h2-7,10-11,13H,8-9,12H2,1H3,(H,23,25)(H,24,26). The minimum atomic E-state index is -0.0917. The lowest BCUT2D eigenvalue weighted by Crippen LogP contribution is -2.19. The Kier molecular flexibility index (Phi) is 4.77. The first kappa shape index (κ1) is 17.5. The summed E-state index contributed by atoms with van der Waals surface area (Å²) < 4.78 is 0. The quantitative estimate of drug-likeness (QED) is 0.722. The lowest BCUT2D eigenvalue weighted by Gasteiger charge is -2.15. The molecule has 0 saturated heterocycles. The van der Waals surface area contributed by atoms with Crippen LogP contribution in [-0.4, -0.2) is 18.9 Å². The van der Waals surface area contributed by atoms with Crippen LogP contribution in [0.3, 0.4) is 0 Å². The molecule has 0 saturated carbocycles. The first-order valence-electron chi connectivity index (χ1n) is 8.96. The molecule has 3 aromatic rings. The van der Waals surface area contributed by atoms with E-state index >= 15 is 0 Å². The van der Waals surface area contributed by atoms with Crippen molar-refractivity contribution in [2.24, 2.45) is 0 Å². The zero-order valence-corrected chi connectivity index (χ0v) is 15.9. The Bertz CT molecular complexity index is 1010. The van der Waals surface area contributed by atoms with Crippen LogP contribution >= 0.6 is 11.3 Å². The molecule has 0 aliphatic heterocycles. The van der Waals surface area contributed by atoms with Crippen LogP contribution in [0, 0.1) is 0 Å². The van der Waals surface area contributed by atoms with Crippen molar-refractivity contribution in [1.29, 1.82) is 0 Å². The van der Waals surface area contributed by atoms with Gasteiger partial charge in [0.15, 0.2) is 0 Å². The van der Waals surface area contributed by atoms with Gasteiger partial charge in [-0.1, -0.05) is 36.4 Å². The van der Waals surface area contributed by atoms with E-state index in [0.717, 1.165) is 29.0 Å². The number of nitrogens with one attached hydrogen (secondary N) is 2. The summed E-state index contributed by atoms with van der Waals surface area (Å²) in [6.07, 6.45) is 2.33. The summed E-state index contributed by atoms with van der Waals surface area (Å²) >= 11 is 1.55. The van der Waals surface area contributed by atoms with Crippen LogP contribution in [0.15, 0.2) is 54.6 Å².